The van der Waals surface area contributed by atoms with Crippen LogP contribution in [0.25, 0.3) is 0 Å². The Hall–Kier alpha value is -1.62. The number of nitrogens with zero attached hydrogens (tertiary/aromatic N) is 3. The summed E-state index contributed by atoms with van der Waals surface area (Å²) in [5.41, 5.74) is 0.858. The summed E-state index contributed by atoms with van der Waals surface area (Å²) in [6, 6.07) is 3.79. The molecule has 1 atom stereocenters. The highest BCUT2D eigenvalue weighted by Crippen LogP contribution is 2.38. The Morgan fingerprint density at radius 3 is 3.12 bits per heavy atom. The van der Waals surface area contributed by atoms with Crippen LogP contribution in [0.15, 0.2) is 22.9 Å². The minimum Gasteiger partial charge on any atom is -0.387 e. The zero-order valence-corrected chi connectivity index (χ0v) is 9.71. The number of aliphatic hydroxyl groups excluding tert-OH is 1. The summed E-state index contributed by atoms with van der Waals surface area (Å²) in [7, 11) is 0. The van der Waals surface area contributed by atoms with Gasteiger partial charge in [-0.2, -0.15) is 4.98 Å². The average molecular weight is 233 g/mol. The Morgan fingerprint density at radius 1 is 1.59 bits per heavy atom. The van der Waals surface area contributed by atoms with E-state index in [0.29, 0.717) is 18.4 Å². The lowest BCUT2D eigenvalue weighted by Gasteiger charge is -2.08. The Morgan fingerprint density at radius 2 is 2.41 bits per heavy atom. The topological polar surface area (TPSA) is 64.1 Å². The minimum absolute atomic E-state index is 0.490. The third kappa shape index (κ3) is 2.10. The van der Waals surface area contributed by atoms with Gasteiger partial charge in [0.2, 0.25) is 5.89 Å². The van der Waals surface area contributed by atoms with E-state index in [1.165, 1.54) is 12.8 Å². The number of hydrogen-bond donors (Lipinski definition) is 1. The normalized spacial score (nSPS) is 17.3. The van der Waals surface area contributed by atoms with Crippen LogP contribution in [-0.2, 0) is 6.54 Å². The summed E-state index contributed by atoms with van der Waals surface area (Å²) in [6.07, 6.45) is 3.75. The summed E-state index contributed by atoms with van der Waals surface area (Å²) in [5.74, 6) is 1.93. The Labute approximate surface area is 99.1 Å². The summed E-state index contributed by atoms with van der Waals surface area (Å²) < 4.78 is 7.14. The van der Waals surface area contributed by atoms with Crippen molar-refractivity contribution in [2.75, 3.05) is 0 Å². The molecule has 2 heterocycles. The number of aromatic nitrogens is 3. The van der Waals surface area contributed by atoms with Crippen molar-refractivity contribution in [2.24, 2.45) is 0 Å². The molecule has 3 rings (SSSR count). The predicted molar refractivity (Wildman–Crippen MR) is 60.4 cm³/mol. The fourth-order valence-corrected chi connectivity index (χ4v) is 1.94. The van der Waals surface area contributed by atoms with E-state index in [2.05, 4.69) is 10.1 Å². The molecule has 0 spiro atoms. The van der Waals surface area contributed by atoms with E-state index in [4.69, 9.17) is 4.52 Å². The summed E-state index contributed by atoms with van der Waals surface area (Å²) >= 11 is 0. The summed E-state index contributed by atoms with van der Waals surface area (Å²) in [4.78, 5) is 4.37. The zero-order chi connectivity index (χ0) is 11.8. The van der Waals surface area contributed by atoms with Gasteiger partial charge in [-0.25, -0.2) is 0 Å². The highest BCUT2D eigenvalue weighted by Gasteiger charge is 2.28. The largest absolute Gasteiger partial charge is 0.387 e. The van der Waals surface area contributed by atoms with E-state index >= 15 is 0 Å². The molecular weight excluding hydrogens is 218 g/mol. The van der Waals surface area contributed by atoms with Crippen molar-refractivity contribution in [2.45, 2.75) is 38.3 Å². The van der Waals surface area contributed by atoms with Crippen molar-refractivity contribution < 1.29 is 9.63 Å². The number of hydrogen-bond acceptors (Lipinski definition) is 4. The average Bonchev–Trinajstić information content (AvgIpc) is 2.87. The van der Waals surface area contributed by atoms with Crippen LogP contribution in [-0.4, -0.2) is 19.8 Å². The molecule has 2 aromatic rings. The standard InChI is InChI=1S/C12H15N3O2/c1-8(16)10-3-2-6-15(10)7-11-13-12(14-17-11)9-4-5-9/h2-3,6,8-9,16H,4-5,7H2,1H3. The second kappa shape index (κ2) is 4.00. The zero-order valence-electron chi connectivity index (χ0n) is 9.71. The van der Waals surface area contributed by atoms with Gasteiger partial charge < -0.3 is 14.2 Å². The highest BCUT2D eigenvalue weighted by atomic mass is 16.5. The molecule has 0 bridgehead atoms. The minimum atomic E-state index is -0.490. The van der Waals surface area contributed by atoms with E-state index in [1.807, 2.05) is 22.9 Å². The van der Waals surface area contributed by atoms with Crippen LogP contribution in [0, 0.1) is 0 Å². The van der Waals surface area contributed by atoms with Gasteiger partial charge in [0, 0.05) is 17.8 Å². The molecule has 90 valence electrons. The van der Waals surface area contributed by atoms with Crippen molar-refractivity contribution in [3.8, 4) is 0 Å². The predicted octanol–water partition coefficient (Wildman–Crippen LogP) is 1.85. The molecule has 0 amide bonds. The molecule has 17 heavy (non-hydrogen) atoms. The maximum absolute atomic E-state index is 9.59. The fourth-order valence-electron chi connectivity index (χ4n) is 1.94. The maximum atomic E-state index is 9.59. The Kier molecular flexibility index (Phi) is 2.48. The molecule has 0 radical (unpaired) electrons. The van der Waals surface area contributed by atoms with Gasteiger partial charge in [-0.3, -0.25) is 0 Å². The van der Waals surface area contributed by atoms with Crippen molar-refractivity contribution in [1.29, 1.82) is 0 Å². The van der Waals surface area contributed by atoms with Crippen LogP contribution in [0.4, 0.5) is 0 Å². The first kappa shape index (κ1) is 10.5. The van der Waals surface area contributed by atoms with Crippen LogP contribution in [0.5, 0.6) is 0 Å². The van der Waals surface area contributed by atoms with E-state index in [1.54, 1.807) is 6.92 Å². The monoisotopic (exact) mass is 233 g/mol. The second-order valence-corrected chi connectivity index (χ2v) is 4.56. The van der Waals surface area contributed by atoms with Gasteiger partial charge in [0.25, 0.3) is 0 Å². The Balaban J connectivity index is 1.78. The van der Waals surface area contributed by atoms with Gasteiger partial charge >= 0.3 is 0 Å². The fraction of sp³-hybridized carbons (Fsp3) is 0.500. The summed E-state index contributed by atoms with van der Waals surface area (Å²) in [5, 5.41) is 13.6. The maximum Gasteiger partial charge on any atom is 0.246 e. The molecular formula is C12H15N3O2. The van der Waals surface area contributed by atoms with Crippen molar-refractivity contribution >= 4 is 0 Å². The van der Waals surface area contributed by atoms with Crippen LogP contribution >= 0.6 is 0 Å². The molecule has 1 aliphatic carbocycles. The van der Waals surface area contributed by atoms with E-state index in [9.17, 15) is 5.11 Å². The lowest BCUT2D eigenvalue weighted by Crippen LogP contribution is -2.06. The van der Waals surface area contributed by atoms with Crippen molar-refractivity contribution in [3.63, 3.8) is 0 Å². The second-order valence-electron chi connectivity index (χ2n) is 4.56. The third-order valence-corrected chi connectivity index (χ3v) is 3.02. The van der Waals surface area contributed by atoms with E-state index in [-0.39, 0.29) is 0 Å². The molecule has 1 unspecified atom stereocenters. The van der Waals surface area contributed by atoms with Gasteiger partial charge in [0.1, 0.15) is 6.54 Å². The smallest absolute Gasteiger partial charge is 0.246 e. The Bertz CT molecular complexity index is 511. The van der Waals surface area contributed by atoms with E-state index in [0.717, 1.165) is 11.5 Å². The molecule has 2 aromatic heterocycles. The lowest BCUT2D eigenvalue weighted by atomic mass is 10.3. The molecule has 5 nitrogen and oxygen atoms in total. The van der Waals surface area contributed by atoms with Crippen molar-refractivity contribution in [1.82, 2.24) is 14.7 Å². The molecule has 0 saturated heterocycles. The SMILES string of the molecule is CC(O)c1cccn1Cc1nc(C2CC2)no1. The van der Waals surface area contributed by atoms with Gasteiger partial charge in [-0.05, 0) is 31.9 Å². The molecule has 1 aliphatic rings. The lowest BCUT2D eigenvalue weighted by molar-refractivity contribution is 0.189. The highest BCUT2D eigenvalue weighted by molar-refractivity contribution is 5.11. The quantitative estimate of drug-likeness (QED) is 0.875. The molecule has 1 saturated carbocycles. The van der Waals surface area contributed by atoms with Crippen molar-refractivity contribution in [3.05, 3.63) is 35.7 Å². The molecule has 0 aromatic carbocycles. The molecule has 1 fully saturated rings. The third-order valence-electron chi connectivity index (χ3n) is 3.02. The molecule has 5 heteroatoms. The van der Waals surface area contributed by atoms with Gasteiger partial charge in [-0.1, -0.05) is 5.16 Å². The first-order valence-electron chi connectivity index (χ1n) is 5.89. The van der Waals surface area contributed by atoms with Crippen LogP contribution in [0.1, 0.15) is 49.2 Å². The number of aliphatic hydroxyl groups is 1. The van der Waals surface area contributed by atoms with E-state index < -0.39 is 6.10 Å². The van der Waals surface area contributed by atoms with Gasteiger partial charge in [0.05, 0.1) is 6.10 Å². The molecule has 0 aliphatic heterocycles. The number of rotatable bonds is 4. The first-order chi connectivity index (χ1) is 8.24. The van der Waals surface area contributed by atoms with Gasteiger partial charge in [0.15, 0.2) is 5.82 Å². The molecule has 1 N–H and O–H groups in total. The van der Waals surface area contributed by atoms with Gasteiger partial charge in [-0.15, -0.1) is 0 Å². The van der Waals surface area contributed by atoms with Crippen LogP contribution in [0.2, 0.25) is 0 Å². The first-order valence-corrected chi connectivity index (χ1v) is 5.89. The summed E-state index contributed by atoms with van der Waals surface area (Å²) in [6.45, 7) is 2.27. The van der Waals surface area contributed by atoms with Crippen LogP contribution < -0.4 is 0 Å². The van der Waals surface area contributed by atoms with Crippen LogP contribution in [0.3, 0.4) is 0 Å².